The highest BCUT2D eigenvalue weighted by Crippen LogP contribution is 2.65. The van der Waals surface area contributed by atoms with Gasteiger partial charge in [0.1, 0.15) is 6.54 Å². The summed E-state index contributed by atoms with van der Waals surface area (Å²) in [5, 5.41) is 2.77. The van der Waals surface area contributed by atoms with E-state index in [-0.39, 0.29) is 47.9 Å². The van der Waals surface area contributed by atoms with E-state index in [0.29, 0.717) is 17.5 Å². The van der Waals surface area contributed by atoms with E-state index in [1.165, 1.54) is 4.90 Å². The van der Waals surface area contributed by atoms with Gasteiger partial charge in [-0.05, 0) is 58.2 Å². The van der Waals surface area contributed by atoms with E-state index in [9.17, 15) is 14.4 Å². The molecule has 128 valence electrons. The van der Waals surface area contributed by atoms with Gasteiger partial charge in [-0.15, -0.1) is 0 Å². The normalized spacial score (nSPS) is 37.1. The van der Waals surface area contributed by atoms with Gasteiger partial charge >= 0.3 is 0 Å². The fraction of sp³-hybridized carbons (Fsp3) is 0.421. The molecule has 1 heterocycles. The lowest BCUT2D eigenvalue weighted by Crippen LogP contribution is -2.40. The minimum absolute atomic E-state index is 0.165. The van der Waals surface area contributed by atoms with E-state index in [1.807, 2.05) is 18.2 Å². The maximum absolute atomic E-state index is 12.8. The number of rotatable bonds is 3. The Morgan fingerprint density at radius 1 is 1.08 bits per heavy atom. The Balaban J connectivity index is 1.34. The van der Waals surface area contributed by atoms with Crippen molar-refractivity contribution in [3.63, 3.8) is 0 Å². The van der Waals surface area contributed by atoms with Crippen LogP contribution in [-0.4, -0.2) is 29.2 Å². The number of imide groups is 1. The topological polar surface area (TPSA) is 66.5 Å². The molecule has 1 saturated heterocycles. The van der Waals surface area contributed by atoms with Crippen LogP contribution in [0.25, 0.3) is 0 Å². The second-order valence-corrected chi connectivity index (χ2v) is 8.30. The van der Waals surface area contributed by atoms with Crippen LogP contribution in [0.2, 0.25) is 0 Å². The largest absolute Gasteiger partial charge is 0.324 e. The van der Waals surface area contributed by atoms with Crippen LogP contribution in [0.15, 0.2) is 40.9 Å². The van der Waals surface area contributed by atoms with Crippen molar-refractivity contribution in [3.05, 3.63) is 40.9 Å². The van der Waals surface area contributed by atoms with Gasteiger partial charge in [0.25, 0.3) is 0 Å². The van der Waals surface area contributed by atoms with Crippen molar-refractivity contribution in [2.45, 2.75) is 6.42 Å². The molecule has 0 unspecified atom stereocenters. The number of nitrogens with zero attached hydrogens (tertiary/aromatic N) is 1. The van der Waals surface area contributed by atoms with Gasteiger partial charge in [0.2, 0.25) is 17.7 Å². The molecule has 4 aliphatic carbocycles. The number of carbonyl (C=O) groups is 3. The highest BCUT2D eigenvalue weighted by atomic mass is 79.9. The van der Waals surface area contributed by atoms with Gasteiger partial charge in [-0.1, -0.05) is 24.3 Å². The second-order valence-electron chi connectivity index (χ2n) is 7.45. The van der Waals surface area contributed by atoms with E-state index in [2.05, 4.69) is 33.4 Å². The molecule has 0 radical (unpaired) electrons. The summed E-state index contributed by atoms with van der Waals surface area (Å²) in [7, 11) is 0. The number of halogens is 1. The van der Waals surface area contributed by atoms with Crippen molar-refractivity contribution in [1.82, 2.24) is 4.90 Å². The summed E-state index contributed by atoms with van der Waals surface area (Å²) in [4.78, 5) is 39.2. The standard InChI is InChI=1S/C19H17BrN2O3/c20-13-3-1-2-4-14(13)21-15(23)8-22-18(24)16-9-5-6-10(12-7-11(9)12)17(16)19(22)25/h1-6,9-12,16-17H,7-8H2,(H,21,23)/t9-,10-,11-,12-,16-,17+/m0/s1. The van der Waals surface area contributed by atoms with Crippen molar-refractivity contribution < 1.29 is 14.4 Å². The van der Waals surface area contributed by atoms with Crippen molar-refractivity contribution >= 4 is 39.3 Å². The summed E-state index contributed by atoms with van der Waals surface area (Å²) in [6.45, 7) is -0.208. The highest BCUT2D eigenvalue weighted by Gasteiger charge is 2.67. The molecule has 2 saturated carbocycles. The number of benzene rings is 1. The van der Waals surface area contributed by atoms with Crippen LogP contribution in [-0.2, 0) is 14.4 Å². The maximum atomic E-state index is 12.8. The third kappa shape index (κ3) is 2.16. The van der Waals surface area contributed by atoms with E-state index >= 15 is 0 Å². The molecule has 6 heteroatoms. The zero-order chi connectivity index (χ0) is 17.3. The number of allylic oxidation sites excluding steroid dienone is 2. The van der Waals surface area contributed by atoms with E-state index in [4.69, 9.17) is 0 Å². The molecule has 5 aliphatic rings. The van der Waals surface area contributed by atoms with Gasteiger partial charge in [0.05, 0.1) is 17.5 Å². The summed E-state index contributed by atoms with van der Waals surface area (Å²) < 4.78 is 0.762. The molecule has 3 fully saturated rings. The lowest BCUT2D eigenvalue weighted by atomic mass is 9.63. The number of amides is 3. The Hall–Kier alpha value is -1.95. The van der Waals surface area contributed by atoms with Crippen LogP contribution in [0, 0.1) is 35.5 Å². The Labute approximate surface area is 153 Å². The molecule has 0 aromatic heterocycles. The van der Waals surface area contributed by atoms with Crippen LogP contribution in [0.4, 0.5) is 5.69 Å². The number of likely N-dealkylation sites (tertiary alicyclic amines) is 1. The molecular formula is C19H17BrN2O3. The molecular weight excluding hydrogens is 384 g/mol. The van der Waals surface area contributed by atoms with Crippen LogP contribution < -0.4 is 5.32 Å². The van der Waals surface area contributed by atoms with E-state index in [1.54, 1.807) is 6.07 Å². The molecule has 1 aliphatic heterocycles. The Bertz CT molecular complexity index is 800. The van der Waals surface area contributed by atoms with Gasteiger partial charge in [-0.25, -0.2) is 0 Å². The molecule has 25 heavy (non-hydrogen) atoms. The average Bonchev–Trinajstić information content (AvgIpc) is 3.38. The molecule has 1 N–H and O–H groups in total. The summed E-state index contributed by atoms with van der Waals surface area (Å²) >= 11 is 3.38. The van der Waals surface area contributed by atoms with E-state index < -0.39 is 0 Å². The number of hydrogen-bond donors (Lipinski definition) is 1. The lowest BCUT2D eigenvalue weighted by Gasteiger charge is -2.37. The third-order valence-electron chi connectivity index (χ3n) is 6.20. The summed E-state index contributed by atoms with van der Waals surface area (Å²) in [6, 6.07) is 7.27. The zero-order valence-corrected chi connectivity index (χ0v) is 15.0. The third-order valence-corrected chi connectivity index (χ3v) is 6.90. The molecule has 6 rings (SSSR count). The van der Waals surface area contributed by atoms with Gasteiger partial charge in [0, 0.05) is 4.47 Å². The molecule has 5 nitrogen and oxygen atoms in total. The zero-order valence-electron chi connectivity index (χ0n) is 13.4. The minimum atomic E-state index is -0.349. The highest BCUT2D eigenvalue weighted by molar-refractivity contribution is 9.10. The fourth-order valence-electron chi connectivity index (χ4n) is 5.07. The molecule has 2 bridgehead atoms. The van der Waals surface area contributed by atoms with Crippen molar-refractivity contribution in [2.75, 3.05) is 11.9 Å². The summed E-state index contributed by atoms with van der Waals surface area (Å²) in [5.41, 5.74) is 0.631. The average molecular weight is 401 g/mol. The molecule has 0 spiro atoms. The van der Waals surface area contributed by atoms with Crippen LogP contribution >= 0.6 is 15.9 Å². The second kappa shape index (κ2) is 5.27. The lowest BCUT2D eigenvalue weighted by molar-refractivity contribution is -0.142. The molecule has 3 amide bonds. The Morgan fingerprint density at radius 2 is 1.68 bits per heavy atom. The minimum Gasteiger partial charge on any atom is -0.324 e. The van der Waals surface area contributed by atoms with Crippen molar-refractivity contribution in [2.24, 2.45) is 35.5 Å². The van der Waals surface area contributed by atoms with Crippen molar-refractivity contribution in [1.29, 1.82) is 0 Å². The predicted octanol–water partition coefficient (Wildman–Crippen LogP) is 2.44. The van der Waals surface area contributed by atoms with Gasteiger partial charge in [-0.2, -0.15) is 0 Å². The first-order valence-electron chi connectivity index (χ1n) is 8.64. The SMILES string of the molecule is O=C(CN1C(=O)[C@@H]2[C@H]3C=C[C@@H]([C@@H]4C[C@@H]34)[C@@H]2C1=O)Nc1ccccc1Br. The Kier molecular flexibility index (Phi) is 3.23. The first-order valence-corrected chi connectivity index (χ1v) is 9.43. The summed E-state index contributed by atoms with van der Waals surface area (Å²) in [6.07, 6.45) is 5.41. The van der Waals surface area contributed by atoms with Crippen LogP contribution in [0.1, 0.15) is 6.42 Å². The first kappa shape index (κ1) is 15.3. The molecule has 1 aromatic carbocycles. The monoisotopic (exact) mass is 400 g/mol. The Morgan fingerprint density at radius 3 is 2.28 bits per heavy atom. The molecule has 1 aromatic rings. The number of para-hydroxylation sites is 1. The van der Waals surface area contributed by atoms with Crippen LogP contribution in [0.5, 0.6) is 0 Å². The van der Waals surface area contributed by atoms with Gasteiger partial charge in [-0.3, -0.25) is 19.3 Å². The van der Waals surface area contributed by atoms with Gasteiger partial charge in [0.15, 0.2) is 0 Å². The maximum Gasteiger partial charge on any atom is 0.244 e. The van der Waals surface area contributed by atoms with Crippen molar-refractivity contribution in [3.8, 4) is 0 Å². The van der Waals surface area contributed by atoms with Crippen LogP contribution in [0.3, 0.4) is 0 Å². The number of hydrogen-bond acceptors (Lipinski definition) is 3. The van der Waals surface area contributed by atoms with Gasteiger partial charge < -0.3 is 5.32 Å². The first-order chi connectivity index (χ1) is 12.1. The molecule has 6 atom stereocenters. The quantitative estimate of drug-likeness (QED) is 0.625. The number of nitrogens with one attached hydrogen (secondary N) is 1. The fourth-order valence-corrected chi connectivity index (χ4v) is 5.45. The number of carbonyl (C=O) groups excluding carboxylic acids is 3. The smallest absolute Gasteiger partial charge is 0.244 e. The predicted molar refractivity (Wildman–Crippen MR) is 94.2 cm³/mol. The summed E-state index contributed by atoms with van der Waals surface area (Å²) in [5.74, 6) is 0.344. The van der Waals surface area contributed by atoms with E-state index in [0.717, 1.165) is 10.9 Å². The number of anilines is 1.